The van der Waals surface area contributed by atoms with Crippen molar-refractivity contribution in [3.63, 3.8) is 0 Å². The molecular formula is C11H10O3S. The van der Waals surface area contributed by atoms with Crippen molar-refractivity contribution in [1.82, 2.24) is 0 Å². The number of methoxy groups -OCH3 is 1. The van der Waals surface area contributed by atoms with Crippen LogP contribution in [-0.2, 0) is 10.7 Å². The number of thiol groups is 1. The third-order valence-corrected chi connectivity index (χ3v) is 3.06. The van der Waals surface area contributed by atoms with Crippen LogP contribution in [0, 0.1) is 0 Å². The van der Waals surface area contributed by atoms with Crippen LogP contribution < -0.4 is 4.74 Å². The van der Waals surface area contributed by atoms with Crippen LogP contribution >= 0.6 is 0 Å². The molecule has 2 aromatic rings. The normalized spacial score (nSPS) is 10.8. The van der Waals surface area contributed by atoms with Gasteiger partial charge in [0.1, 0.15) is 5.75 Å². The van der Waals surface area contributed by atoms with Gasteiger partial charge in [-0.25, -0.2) is 8.42 Å². The summed E-state index contributed by atoms with van der Waals surface area (Å²) in [6, 6.07) is 10.5. The first-order chi connectivity index (χ1) is 7.24. The summed E-state index contributed by atoms with van der Waals surface area (Å²) in [6.45, 7) is 0. The number of benzene rings is 2. The average Bonchev–Trinajstić information content (AvgIpc) is 2.27. The fraction of sp³-hybridized carbons (Fsp3) is 0.0909. The Bertz CT molecular complexity index is 565. The lowest BCUT2D eigenvalue weighted by molar-refractivity contribution is 0.419. The molecule has 0 heterocycles. The van der Waals surface area contributed by atoms with E-state index in [1.54, 1.807) is 25.3 Å². The van der Waals surface area contributed by atoms with Gasteiger partial charge < -0.3 is 4.74 Å². The highest BCUT2D eigenvalue weighted by molar-refractivity contribution is 7.72. The van der Waals surface area contributed by atoms with Gasteiger partial charge in [-0.05, 0) is 12.1 Å². The first kappa shape index (κ1) is 9.98. The van der Waals surface area contributed by atoms with E-state index in [-0.39, 0.29) is 0 Å². The fourth-order valence-corrected chi connectivity index (χ4v) is 2.18. The summed E-state index contributed by atoms with van der Waals surface area (Å²) < 4.78 is 27.2. The SMILES string of the molecule is COc1ccc([SH](=O)=O)c2ccccc12. The van der Waals surface area contributed by atoms with Gasteiger partial charge in [0.15, 0.2) is 10.7 Å². The van der Waals surface area contributed by atoms with Gasteiger partial charge >= 0.3 is 0 Å². The van der Waals surface area contributed by atoms with Crippen LogP contribution in [0.25, 0.3) is 10.8 Å². The van der Waals surface area contributed by atoms with Crippen LogP contribution in [0.4, 0.5) is 0 Å². The van der Waals surface area contributed by atoms with Crippen LogP contribution in [0.2, 0.25) is 0 Å². The molecular weight excluding hydrogens is 212 g/mol. The summed E-state index contributed by atoms with van der Waals surface area (Å²) in [5, 5.41) is 1.52. The predicted molar refractivity (Wildman–Crippen MR) is 59.1 cm³/mol. The van der Waals surface area contributed by atoms with Crippen molar-refractivity contribution >= 4 is 21.5 Å². The Kier molecular flexibility index (Phi) is 2.60. The Morgan fingerprint density at radius 3 is 2.27 bits per heavy atom. The third-order valence-electron chi connectivity index (χ3n) is 2.28. The van der Waals surface area contributed by atoms with Crippen molar-refractivity contribution in [3.8, 4) is 5.75 Å². The van der Waals surface area contributed by atoms with Crippen molar-refractivity contribution in [3.05, 3.63) is 36.4 Å². The van der Waals surface area contributed by atoms with E-state index in [0.29, 0.717) is 16.0 Å². The largest absolute Gasteiger partial charge is 0.496 e. The van der Waals surface area contributed by atoms with Gasteiger partial charge in [-0.3, -0.25) is 0 Å². The molecule has 0 N–H and O–H groups in total. The van der Waals surface area contributed by atoms with Crippen LogP contribution in [0.15, 0.2) is 41.3 Å². The second-order valence-electron chi connectivity index (χ2n) is 3.09. The average molecular weight is 222 g/mol. The molecule has 0 atom stereocenters. The molecule has 0 spiro atoms. The van der Waals surface area contributed by atoms with Crippen molar-refractivity contribution in [2.24, 2.45) is 0 Å². The summed E-state index contributed by atoms with van der Waals surface area (Å²) in [6.07, 6.45) is 0. The Hall–Kier alpha value is -1.55. The summed E-state index contributed by atoms with van der Waals surface area (Å²) in [5.74, 6) is 0.686. The number of ether oxygens (including phenoxy) is 1. The maximum Gasteiger partial charge on any atom is 0.168 e. The van der Waals surface area contributed by atoms with Crippen LogP contribution in [0.5, 0.6) is 5.75 Å². The van der Waals surface area contributed by atoms with E-state index < -0.39 is 10.7 Å². The van der Waals surface area contributed by atoms with E-state index in [0.717, 1.165) is 5.39 Å². The Morgan fingerprint density at radius 1 is 1.00 bits per heavy atom. The molecule has 0 aliphatic carbocycles. The zero-order valence-electron chi connectivity index (χ0n) is 8.14. The minimum atomic E-state index is -2.57. The molecule has 0 aromatic heterocycles. The molecule has 0 saturated heterocycles. The van der Waals surface area contributed by atoms with E-state index >= 15 is 0 Å². The standard InChI is InChI=1S/C11H10O3S/c1-14-10-6-7-11(15(12)13)9-5-3-2-4-8(9)10/h2-7,15H,1H3. The zero-order chi connectivity index (χ0) is 10.8. The summed E-state index contributed by atoms with van der Waals surface area (Å²) >= 11 is 0. The first-order valence-electron chi connectivity index (χ1n) is 4.44. The quantitative estimate of drug-likeness (QED) is 0.788. The molecule has 2 aromatic carbocycles. The van der Waals surface area contributed by atoms with Crippen molar-refractivity contribution in [2.45, 2.75) is 4.90 Å². The molecule has 0 amide bonds. The van der Waals surface area contributed by atoms with Crippen molar-refractivity contribution < 1.29 is 13.2 Å². The van der Waals surface area contributed by atoms with Crippen molar-refractivity contribution in [2.75, 3.05) is 7.11 Å². The molecule has 15 heavy (non-hydrogen) atoms. The van der Waals surface area contributed by atoms with Gasteiger partial charge in [0, 0.05) is 10.8 Å². The highest BCUT2D eigenvalue weighted by Gasteiger charge is 2.06. The minimum Gasteiger partial charge on any atom is -0.496 e. The highest BCUT2D eigenvalue weighted by atomic mass is 32.2. The molecule has 0 radical (unpaired) electrons. The lowest BCUT2D eigenvalue weighted by atomic mass is 10.1. The van der Waals surface area contributed by atoms with Gasteiger partial charge in [0.2, 0.25) is 0 Å². The lowest BCUT2D eigenvalue weighted by Gasteiger charge is -2.06. The van der Waals surface area contributed by atoms with E-state index in [4.69, 9.17) is 4.74 Å². The number of rotatable bonds is 2. The molecule has 3 nitrogen and oxygen atoms in total. The molecule has 0 bridgehead atoms. The van der Waals surface area contributed by atoms with E-state index in [1.165, 1.54) is 0 Å². The van der Waals surface area contributed by atoms with Gasteiger partial charge in [-0.2, -0.15) is 0 Å². The molecule has 4 heteroatoms. The fourth-order valence-electron chi connectivity index (χ4n) is 1.59. The lowest BCUT2D eigenvalue weighted by Crippen LogP contribution is -1.88. The Balaban J connectivity index is 2.89. The van der Waals surface area contributed by atoms with E-state index in [2.05, 4.69) is 0 Å². The number of hydrogen-bond acceptors (Lipinski definition) is 3. The Morgan fingerprint density at radius 2 is 1.67 bits per heavy atom. The first-order valence-corrected chi connectivity index (χ1v) is 5.62. The molecule has 0 fully saturated rings. The molecule has 0 aliphatic heterocycles. The van der Waals surface area contributed by atoms with E-state index in [1.807, 2.05) is 18.2 Å². The second kappa shape index (κ2) is 3.90. The smallest absolute Gasteiger partial charge is 0.168 e. The van der Waals surface area contributed by atoms with Gasteiger partial charge in [0.25, 0.3) is 0 Å². The summed E-state index contributed by atoms with van der Waals surface area (Å²) in [4.78, 5) is 0.335. The highest BCUT2D eigenvalue weighted by Crippen LogP contribution is 2.28. The predicted octanol–water partition coefficient (Wildman–Crippen LogP) is 1.82. The van der Waals surface area contributed by atoms with E-state index in [9.17, 15) is 8.42 Å². The second-order valence-corrected chi connectivity index (χ2v) is 4.09. The third kappa shape index (κ3) is 1.68. The van der Waals surface area contributed by atoms with Crippen LogP contribution in [-0.4, -0.2) is 15.5 Å². The molecule has 0 unspecified atom stereocenters. The molecule has 0 saturated carbocycles. The zero-order valence-corrected chi connectivity index (χ0v) is 9.03. The summed E-state index contributed by atoms with van der Waals surface area (Å²) in [5.41, 5.74) is 0. The minimum absolute atomic E-state index is 0.335. The molecule has 0 aliphatic rings. The number of hydrogen-bond donors (Lipinski definition) is 1. The maximum atomic E-state index is 11.0. The monoisotopic (exact) mass is 222 g/mol. The Labute approximate surface area is 89.2 Å². The molecule has 2 rings (SSSR count). The number of fused-ring (bicyclic) bond motifs is 1. The van der Waals surface area contributed by atoms with Crippen LogP contribution in [0.1, 0.15) is 0 Å². The van der Waals surface area contributed by atoms with Gasteiger partial charge in [0.05, 0.1) is 12.0 Å². The van der Waals surface area contributed by atoms with Gasteiger partial charge in [-0.15, -0.1) is 0 Å². The van der Waals surface area contributed by atoms with Crippen molar-refractivity contribution in [1.29, 1.82) is 0 Å². The topological polar surface area (TPSA) is 43.4 Å². The van der Waals surface area contributed by atoms with Gasteiger partial charge in [-0.1, -0.05) is 24.3 Å². The maximum absolute atomic E-state index is 11.0. The summed E-state index contributed by atoms with van der Waals surface area (Å²) in [7, 11) is -1.00. The van der Waals surface area contributed by atoms with Crippen LogP contribution in [0.3, 0.4) is 0 Å². The molecule has 78 valence electrons.